The fraction of sp³-hybridized carbons (Fsp3) is 0.0204. The molecular formula is C49H33N. The van der Waals surface area contributed by atoms with Crippen LogP contribution in [0.3, 0.4) is 0 Å². The summed E-state index contributed by atoms with van der Waals surface area (Å²) in [6, 6.07) is 73.4. The molecule has 50 heavy (non-hydrogen) atoms. The predicted octanol–water partition coefficient (Wildman–Crippen LogP) is 12.5. The summed E-state index contributed by atoms with van der Waals surface area (Å²) in [7, 11) is 0. The van der Waals surface area contributed by atoms with Crippen LogP contribution >= 0.6 is 0 Å². The Morgan fingerprint density at radius 2 is 0.880 bits per heavy atom. The predicted molar refractivity (Wildman–Crippen MR) is 209 cm³/mol. The van der Waals surface area contributed by atoms with Crippen LogP contribution in [0.15, 0.2) is 200 Å². The van der Waals surface area contributed by atoms with E-state index in [9.17, 15) is 0 Å². The number of nitrogens with zero attached hydrogens (tertiary/aromatic N) is 1. The van der Waals surface area contributed by atoms with Crippen LogP contribution in [0.1, 0.15) is 22.3 Å². The maximum Gasteiger partial charge on any atom is 0.0713 e. The van der Waals surface area contributed by atoms with Gasteiger partial charge in [-0.2, -0.15) is 0 Å². The summed E-state index contributed by atoms with van der Waals surface area (Å²) in [5.41, 5.74) is 15.9. The number of rotatable bonds is 5. The molecule has 0 unspecified atom stereocenters. The van der Waals surface area contributed by atoms with E-state index in [-0.39, 0.29) is 0 Å². The van der Waals surface area contributed by atoms with Gasteiger partial charge in [0.2, 0.25) is 0 Å². The SMILES string of the molecule is c1ccc(-c2cccc(-n3c4ccccc4c4cc(-c5ccc6c(c5)-c5ccccc5C6(c5ccccc5)c5ccccc5)ccc43)c2)cc1. The van der Waals surface area contributed by atoms with Crippen molar-refractivity contribution in [1.29, 1.82) is 0 Å². The monoisotopic (exact) mass is 635 g/mol. The van der Waals surface area contributed by atoms with Crippen molar-refractivity contribution in [3.05, 3.63) is 222 Å². The van der Waals surface area contributed by atoms with Crippen LogP contribution in [0.25, 0.3) is 60.9 Å². The number of para-hydroxylation sites is 1. The van der Waals surface area contributed by atoms with E-state index in [0.717, 1.165) is 5.69 Å². The molecule has 0 fully saturated rings. The van der Waals surface area contributed by atoms with E-state index in [1.807, 2.05) is 0 Å². The van der Waals surface area contributed by atoms with Gasteiger partial charge in [-0.05, 0) is 92.0 Å². The van der Waals surface area contributed by atoms with E-state index < -0.39 is 5.41 Å². The Balaban J connectivity index is 1.16. The van der Waals surface area contributed by atoms with Crippen molar-refractivity contribution in [2.75, 3.05) is 0 Å². The molecule has 0 N–H and O–H groups in total. The standard InChI is InChI=1S/C49H33N/c1-4-15-34(16-5-1)35-17-14-22-40(31-35)50-47-26-13-11-24-42(47)44-33-37(28-30-48(44)50)36-27-29-46-43(32-36)41-23-10-12-25-45(41)49(46,38-18-6-2-7-19-38)39-20-8-3-9-21-39/h1-33H. The lowest BCUT2D eigenvalue weighted by molar-refractivity contribution is 0.768. The Morgan fingerprint density at radius 1 is 0.320 bits per heavy atom. The lowest BCUT2D eigenvalue weighted by atomic mass is 9.67. The molecular weight excluding hydrogens is 603 g/mol. The summed E-state index contributed by atoms with van der Waals surface area (Å²) in [6.45, 7) is 0. The first-order chi connectivity index (χ1) is 24.8. The van der Waals surface area contributed by atoms with E-state index in [1.165, 1.54) is 77.4 Å². The molecule has 1 aromatic heterocycles. The fourth-order valence-corrected chi connectivity index (χ4v) is 8.51. The van der Waals surface area contributed by atoms with E-state index in [4.69, 9.17) is 0 Å². The maximum absolute atomic E-state index is 2.42. The third kappa shape index (κ3) is 4.20. The molecule has 234 valence electrons. The van der Waals surface area contributed by atoms with Gasteiger partial charge in [0.25, 0.3) is 0 Å². The van der Waals surface area contributed by atoms with Crippen molar-refractivity contribution in [2.24, 2.45) is 0 Å². The average Bonchev–Trinajstić information content (AvgIpc) is 3.69. The van der Waals surface area contributed by atoms with Gasteiger partial charge in [0.05, 0.1) is 16.4 Å². The van der Waals surface area contributed by atoms with Gasteiger partial charge in [0.1, 0.15) is 0 Å². The van der Waals surface area contributed by atoms with Crippen LogP contribution in [0.2, 0.25) is 0 Å². The van der Waals surface area contributed by atoms with Gasteiger partial charge < -0.3 is 4.57 Å². The number of hydrogen-bond donors (Lipinski definition) is 0. The molecule has 0 radical (unpaired) electrons. The van der Waals surface area contributed by atoms with Crippen molar-refractivity contribution < 1.29 is 0 Å². The summed E-state index contributed by atoms with van der Waals surface area (Å²) in [4.78, 5) is 0. The van der Waals surface area contributed by atoms with Gasteiger partial charge >= 0.3 is 0 Å². The van der Waals surface area contributed by atoms with Gasteiger partial charge in [-0.1, -0.05) is 164 Å². The first kappa shape index (κ1) is 28.6. The quantitative estimate of drug-likeness (QED) is 0.177. The van der Waals surface area contributed by atoms with Crippen LogP contribution in [-0.2, 0) is 5.41 Å². The molecule has 0 saturated heterocycles. The highest BCUT2D eigenvalue weighted by Gasteiger charge is 2.45. The average molecular weight is 636 g/mol. The first-order valence-electron chi connectivity index (χ1n) is 17.4. The highest BCUT2D eigenvalue weighted by atomic mass is 15.0. The summed E-state index contributed by atoms with van der Waals surface area (Å²) in [5, 5.41) is 2.51. The summed E-state index contributed by atoms with van der Waals surface area (Å²) in [5.74, 6) is 0. The third-order valence-electron chi connectivity index (χ3n) is 10.7. The lowest BCUT2D eigenvalue weighted by Gasteiger charge is -2.33. The zero-order valence-electron chi connectivity index (χ0n) is 27.5. The molecule has 9 aromatic rings. The van der Waals surface area contributed by atoms with Crippen LogP contribution < -0.4 is 0 Å². The van der Waals surface area contributed by atoms with Crippen molar-refractivity contribution in [3.63, 3.8) is 0 Å². The van der Waals surface area contributed by atoms with Gasteiger partial charge in [-0.25, -0.2) is 0 Å². The van der Waals surface area contributed by atoms with Crippen molar-refractivity contribution in [3.8, 4) is 39.1 Å². The summed E-state index contributed by atoms with van der Waals surface area (Å²) >= 11 is 0. The second kappa shape index (κ2) is 11.3. The minimum Gasteiger partial charge on any atom is -0.309 e. The Labute approximate surface area is 292 Å². The molecule has 1 heteroatoms. The van der Waals surface area contributed by atoms with E-state index in [1.54, 1.807) is 0 Å². The molecule has 1 aliphatic rings. The molecule has 1 aliphatic carbocycles. The summed E-state index contributed by atoms with van der Waals surface area (Å²) in [6.07, 6.45) is 0. The summed E-state index contributed by atoms with van der Waals surface area (Å²) < 4.78 is 2.41. The molecule has 0 spiro atoms. The second-order valence-electron chi connectivity index (χ2n) is 13.3. The molecule has 10 rings (SSSR count). The van der Waals surface area contributed by atoms with Gasteiger partial charge in [-0.15, -0.1) is 0 Å². The maximum atomic E-state index is 2.42. The van der Waals surface area contributed by atoms with Crippen LogP contribution in [0.4, 0.5) is 0 Å². The lowest BCUT2D eigenvalue weighted by Crippen LogP contribution is -2.28. The molecule has 1 heterocycles. The molecule has 0 bridgehead atoms. The Kier molecular flexibility index (Phi) is 6.47. The number of fused-ring (bicyclic) bond motifs is 6. The molecule has 1 nitrogen and oxygen atoms in total. The molecule has 0 amide bonds. The third-order valence-corrected chi connectivity index (χ3v) is 10.7. The Bertz CT molecular complexity index is 2640. The normalized spacial score (nSPS) is 13.0. The molecule has 0 saturated carbocycles. The van der Waals surface area contributed by atoms with E-state index in [0.29, 0.717) is 0 Å². The van der Waals surface area contributed by atoms with Gasteiger partial charge in [-0.3, -0.25) is 0 Å². The van der Waals surface area contributed by atoms with Crippen molar-refractivity contribution >= 4 is 21.8 Å². The smallest absolute Gasteiger partial charge is 0.0713 e. The number of benzene rings is 8. The van der Waals surface area contributed by atoms with Crippen LogP contribution in [0, 0.1) is 0 Å². The Morgan fingerprint density at radius 3 is 1.66 bits per heavy atom. The van der Waals surface area contributed by atoms with Crippen molar-refractivity contribution in [1.82, 2.24) is 4.57 Å². The molecule has 8 aromatic carbocycles. The van der Waals surface area contributed by atoms with Gasteiger partial charge in [0, 0.05) is 16.5 Å². The molecule has 0 aliphatic heterocycles. The second-order valence-corrected chi connectivity index (χ2v) is 13.3. The minimum absolute atomic E-state index is 0.390. The zero-order chi connectivity index (χ0) is 33.1. The van der Waals surface area contributed by atoms with Crippen molar-refractivity contribution in [2.45, 2.75) is 5.41 Å². The molecule has 0 atom stereocenters. The van der Waals surface area contributed by atoms with Crippen LogP contribution in [0.5, 0.6) is 0 Å². The highest BCUT2D eigenvalue weighted by Crippen LogP contribution is 2.56. The Hall–Kier alpha value is -6.44. The largest absolute Gasteiger partial charge is 0.309 e. The zero-order valence-corrected chi connectivity index (χ0v) is 27.5. The van der Waals surface area contributed by atoms with Crippen LogP contribution in [-0.4, -0.2) is 4.57 Å². The number of hydrogen-bond acceptors (Lipinski definition) is 0. The first-order valence-corrected chi connectivity index (χ1v) is 17.4. The number of aromatic nitrogens is 1. The van der Waals surface area contributed by atoms with E-state index in [2.05, 4.69) is 205 Å². The fourth-order valence-electron chi connectivity index (χ4n) is 8.51. The van der Waals surface area contributed by atoms with E-state index >= 15 is 0 Å². The topological polar surface area (TPSA) is 4.93 Å². The minimum atomic E-state index is -0.390. The van der Waals surface area contributed by atoms with Gasteiger partial charge in [0.15, 0.2) is 0 Å². The highest BCUT2D eigenvalue weighted by molar-refractivity contribution is 6.10.